The molecule has 7 atom stereocenters. The number of primary amides is 1. The number of nitrogens with one attached hydrogen (secondary N) is 6. The minimum atomic E-state index is -1.76. The van der Waals surface area contributed by atoms with Crippen molar-refractivity contribution >= 4 is 68.9 Å². The highest BCUT2D eigenvalue weighted by molar-refractivity contribution is 8.77. The van der Waals surface area contributed by atoms with Gasteiger partial charge in [-0.1, -0.05) is 97.7 Å². The molecule has 1 aliphatic heterocycles. The van der Waals surface area contributed by atoms with E-state index >= 15 is 0 Å². The summed E-state index contributed by atoms with van der Waals surface area (Å²) in [7, 11) is 2.17. The van der Waals surface area contributed by atoms with Crippen LogP contribution < -0.4 is 43.4 Å². The normalized spacial score (nSPS) is 21.8. The van der Waals surface area contributed by atoms with Crippen LogP contribution in [0.3, 0.4) is 0 Å². The fourth-order valence-electron chi connectivity index (χ4n) is 6.96. The number of nitrogens with two attached hydrogens (primary N) is 2. The van der Waals surface area contributed by atoms with Crippen LogP contribution in [0, 0.1) is 5.92 Å². The number of hydrogen-bond acceptors (Lipinski definition) is 12. The molecule has 0 radical (unpaired) electrons. The van der Waals surface area contributed by atoms with Crippen molar-refractivity contribution in [3.8, 4) is 5.75 Å². The van der Waals surface area contributed by atoms with Gasteiger partial charge in [0.05, 0.1) is 19.0 Å². The Morgan fingerprint density at radius 2 is 1.46 bits per heavy atom. The Morgan fingerprint density at radius 1 is 0.841 bits per heavy atom. The molecule has 2 aromatic rings. The summed E-state index contributed by atoms with van der Waals surface area (Å²) in [5.41, 5.74) is 12.9. The number of carbonyl (C=O) groups is 8. The summed E-state index contributed by atoms with van der Waals surface area (Å²) in [6, 6.07) is 6.52. The number of carbonyl (C=O) groups excluding carboxylic acids is 7. The van der Waals surface area contributed by atoms with Gasteiger partial charge in [-0.3, -0.25) is 38.4 Å². The maximum Gasteiger partial charge on any atom is 0.305 e. The van der Waals surface area contributed by atoms with Gasteiger partial charge in [-0.2, -0.15) is 0 Å². The molecule has 0 aliphatic carbocycles. The molecule has 346 valence electrons. The van der Waals surface area contributed by atoms with Gasteiger partial charge in [0.2, 0.25) is 41.4 Å². The predicted octanol–water partition coefficient (Wildman–Crippen LogP) is 1.34. The first kappa shape index (κ1) is 52.0. The number of hydrogen-bond donors (Lipinski definition) is 10. The lowest BCUT2D eigenvalue weighted by molar-refractivity contribution is -0.142. The fourth-order valence-corrected chi connectivity index (χ4v) is 9.78. The third kappa shape index (κ3) is 15.5. The molecule has 1 aliphatic rings. The van der Waals surface area contributed by atoms with E-state index in [4.69, 9.17) is 11.5 Å². The number of carboxylic acid groups (broad SMARTS) is 1. The van der Waals surface area contributed by atoms with E-state index in [9.17, 15) is 48.6 Å². The summed E-state index contributed by atoms with van der Waals surface area (Å²) >= 11 is 0. The zero-order valence-electron chi connectivity index (χ0n) is 36.7. The van der Waals surface area contributed by atoms with Crippen molar-refractivity contribution in [1.29, 1.82) is 0 Å². The molecule has 0 aromatic heterocycles. The van der Waals surface area contributed by atoms with Crippen LogP contribution in [0.2, 0.25) is 0 Å². The van der Waals surface area contributed by atoms with Gasteiger partial charge < -0.3 is 53.6 Å². The standard InChI is InChI=1S/C43H62N8O10S2/c1-8-9-15-28(37(57)46-22-30(45)53)47-40(60)34-42(4,5)62-63-43(6,7)35(50-36(56)27(44)20-24-16-18-26(52)19-17-24)41(61)49-33(32(23(2)3)25-13-11-10-12-14-25)39(59)48-29(21-31(54)55)38(58)51-34/h10-14,16-19,23,27-29,32-35,52H,8-9,15,20-22,44H2,1-7H3,(H2,45,53)(H,46,57)(H,47,60)(H,48,59)(H,49,61)(H,50,56)(H,51,58)(H,54,55)/t27-,28-,29-,32+,33+,34?,35-/m0/s1. The van der Waals surface area contributed by atoms with Crippen LogP contribution in [0.5, 0.6) is 5.75 Å². The molecule has 63 heavy (non-hydrogen) atoms. The number of unbranched alkanes of at least 4 members (excludes halogenated alkanes) is 1. The van der Waals surface area contributed by atoms with Crippen molar-refractivity contribution in [3.63, 3.8) is 0 Å². The highest BCUT2D eigenvalue weighted by atomic mass is 33.1. The van der Waals surface area contributed by atoms with Crippen molar-refractivity contribution in [1.82, 2.24) is 31.9 Å². The zero-order chi connectivity index (χ0) is 47.2. The van der Waals surface area contributed by atoms with Gasteiger partial charge in [-0.15, -0.1) is 0 Å². The molecule has 0 saturated carbocycles. The van der Waals surface area contributed by atoms with Crippen molar-refractivity contribution < 1.29 is 48.6 Å². The second-order valence-corrected chi connectivity index (χ2v) is 20.4. The Hall–Kier alpha value is -5.34. The Bertz CT molecular complexity index is 1950. The Morgan fingerprint density at radius 3 is 2.03 bits per heavy atom. The molecular weight excluding hydrogens is 853 g/mol. The molecule has 1 fully saturated rings. The SMILES string of the molecule is CCCC[C@H](NC(=O)C1NC(=O)[C@H](CC(=O)O)NC(=O)[C@@H]([C@@H](c2ccccc2)C(C)C)NC(=O)[C@H](NC(=O)[C@@H](N)Cc2ccc(O)cc2)C(C)(C)SSC1(C)C)C(=O)NCC(N)=O. The molecule has 1 saturated heterocycles. The number of phenolic OH excluding ortho intramolecular Hbond substituents is 1. The largest absolute Gasteiger partial charge is 0.508 e. The van der Waals surface area contributed by atoms with Gasteiger partial charge in [0.15, 0.2) is 0 Å². The van der Waals surface area contributed by atoms with E-state index in [0.717, 1.165) is 21.6 Å². The smallest absolute Gasteiger partial charge is 0.305 e. The summed E-state index contributed by atoms with van der Waals surface area (Å²) in [5, 5.41) is 35.6. The van der Waals surface area contributed by atoms with Crippen LogP contribution in [0.4, 0.5) is 0 Å². The van der Waals surface area contributed by atoms with Crippen molar-refractivity contribution in [2.45, 2.75) is 132 Å². The van der Waals surface area contributed by atoms with Crippen LogP contribution in [-0.2, 0) is 44.8 Å². The molecule has 0 bridgehead atoms. The topological polar surface area (TPSA) is 301 Å². The van der Waals surface area contributed by atoms with Crippen molar-refractivity contribution in [2.75, 3.05) is 6.54 Å². The van der Waals surface area contributed by atoms with Gasteiger partial charge in [0.25, 0.3) is 0 Å². The Labute approximate surface area is 375 Å². The lowest BCUT2D eigenvalue weighted by Gasteiger charge is -2.40. The number of aromatic hydroxyl groups is 1. The van der Waals surface area contributed by atoms with E-state index in [0.29, 0.717) is 24.0 Å². The molecule has 3 rings (SSSR count). The predicted molar refractivity (Wildman–Crippen MR) is 241 cm³/mol. The molecular formula is C43H62N8O10S2. The number of amides is 7. The molecule has 12 N–H and O–H groups in total. The second-order valence-electron chi connectivity index (χ2n) is 16.9. The van der Waals surface area contributed by atoms with Crippen LogP contribution in [0.25, 0.3) is 0 Å². The van der Waals surface area contributed by atoms with E-state index in [-0.39, 0.29) is 24.5 Å². The van der Waals surface area contributed by atoms with Crippen molar-refractivity contribution in [3.05, 3.63) is 65.7 Å². The number of phenols is 1. The van der Waals surface area contributed by atoms with Gasteiger partial charge in [-0.25, -0.2) is 0 Å². The second kappa shape index (κ2) is 23.4. The summed E-state index contributed by atoms with van der Waals surface area (Å²) in [4.78, 5) is 109. The number of rotatable bonds is 17. The Balaban J connectivity index is 2.19. The maximum atomic E-state index is 14.8. The first-order valence-electron chi connectivity index (χ1n) is 20.7. The first-order chi connectivity index (χ1) is 29.5. The zero-order valence-corrected chi connectivity index (χ0v) is 38.3. The van der Waals surface area contributed by atoms with Gasteiger partial charge in [0, 0.05) is 15.4 Å². The lowest BCUT2D eigenvalue weighted by Crippen LogP contribution is -2.65. The van der Waals surface area contributed by atoms with E-state index in [2.05, 4.69) is 31.9 Å². The molecule has 1 heterocycles. The minimum Gasteiger partial charge on any atom is -0.508 e. The number of aliphatic carboxylic acids is 1. The molecule has 7 amide bonds. The number of carboxylic acids is 1. The summed E-state index contributed by atoms with van der Waals surface area (Å²) in [5.74, 6) is -8.27. The van der Waals surface area contributed by atoms with E-state index in [1.54, 1.807) is 70.2 Å². The average Bonchev–Trinajstić information content (AvgIpc) is 3.21. The highest BCUT2D eigenvalue weighted by Gasteiger charge is 2.47. The number of benzene rings is 2. The first-order valence-corrected chi connectivity index (χ1v) is 22.9. The van der Waals surface area contributed by atoms with Crippen molar-refractivity contribution in [2.24, 2.45) is 17.4 Å². The van der Waals surface area contributed by atoms with E-state index in [1.807, 2.05) is 20.8 Å². The lowest BCUT2D eigenvalue weighted by atomic mass is 9.81. The minimum absolute atomic E-state index is 0.0248. The van der Waals surface area contributed by atoms with Crippen LogP contribution in [-0.4, -0.2) is 110 Å². The van der Waals surface area contributed by atoms with Gasteiger partial charge in [0.1, 0.15) is 36.0 Å². The molecule has 1 unspecified atom stereocenters. The Kier molecular flexibility index (Phi) is 19.3. The third-order valence-corrected chi connectivity index (χ3v) is 14.7. The highest BCUT2D eigenvalue weighted by Crippen LogP contribution is 2.47. The molecule has 20 heteroatoms. The van der Waals surface area contributed by atoms with Crippen LogP contribution in [0.1, 0.15) is 91.2 Å². The van der Waals surface area contributed by atoms with E-state index in [1.165, 1.54) is 12.1 Å². The molecule has 2 aromatic carbocycles. The molecule has 0 spiro atoms. The fraction of sp³-hybridized carbons (Fsp3) is 0.535. The summed E-state index contributed by atoms with van der Waals surface area (Å²) in [6.45, 7) is 11.6. The quantitative estimate of drug-likeness (QED) is 0.100. The van der Waals surface area contributed by atoms with Gasteiger partial charge >= 0.3 is 5.97 Å². The maximum absolute atomic E-state index is 14.8. The molecule has 18 nitrogen and oxygen atoms in total. The summed E-state index contributed by atoms with van der Waals surface area (Å²) in [6.07, 6.45) is 0.439. The van der Waals surface area contributed by atoms with Crippen LogP contribution in [0.15, 0.2) is 54.6 Å². The van der Waals surface area contributed by atoms with Gasteiger partial charge in [-0.05, 0) is 69.7 Å². The van der Waals surface area contributed by atoms with E-state index < -0.39 is 112 Å². The van der Waals surface area contributed by atoms with Crippen LogP contribution >= 0.6 is 21.6 Å². The third-order valence-electron chi connectivity index (χ3n) is 10.5. The monoisotopic (exact) mass is 914 g/mol. The summed E-state index contributed by atoms with van der Waals surface area (Å²) < 4.78 is -2.57. The average molecular weight is 915 g/mol.